The van der Waals surface area contributed by atoms with E-state index in [1.807, 2.05) is 11.9 Å². The number of anilines is 1. The van der Waals surface area contributed by atoms with Crippen LogP contribution >= 0.6 is 24.0 Å². The molecule has 4 rings (SSSR count). The number of nitrogens with zero attached hydrogens (tertiary/aromatic N) is 1. The van der Waals surface area contributed by atoms with Gasteiger partial charge >= 0.3 is 0 Å². The highest BCUT2D eigenvalue weighted by Crippen LogP contribution is 2.44. The van der Waals surface area contributed by atoms with Crippen LogP contribution in [0.15, 0.2) is 39.5 Å². The number of nitrogens with one attached hydrogen (secondary N) is 1. The Morgan fingerprint density at radius 2 is 1.97 bits per heavy atom. The number of aliphatic hydroxyl groups excluding tert-OH is 1. The number of aliphatic hydroxyl groups is 1. The lowest BCUT2D eigenvalue weighted by atomic mass is 9.89. The Labute approximate surface area is 190 Å². The van der Waals surface area contributed by atoms with Crippen LogP contribution in [0.5, 0.6) is 11.5 Å². The van der Waals surface area contributed by atoms with Gasteiger partial charge in [0.2, 0.25) is 0 Å². The Morgan fingerprint density at radius 3 is 2.61 bits per heavy atom. The average molecular weight is 467 g/mol. The van der Waals surface area contributed by atoms with Crippen molar-refractivity contribution in [2.75, 3.05) is 32.6 Å². The molecule has 31 heavy (non-hydrogen) atoms. The van der Waals surface area contributed by atoms with E-state index in [2.05, 4.69) is 5.32 Å². The number of aromatic hydroxyl groups is 2. The molecule has 0 bridgehead atoms. The van der Waals surface area contributed by atoms with Gasteiger partial charge in [0, 0.05) is 48.0 Å². The first-order valence-corrected chi connectivity index (χ1v) is 10.0. The summed E-state index contributed by atoms with van der Waals surface area (Å²) in [7, 11) is 3.67. The molecule has 1 saturated heterocycles. The van der Waals surface area contributed by atoms with Crippen LogP contribution in [-0.2, 0) is 0 Å². The quantitative estimate of drug-likeness (QED) is 0.463. The van der Waals surface area contributed by atoms with Crippen molar-refractivity contribution < 1.29 is 19.7 Å². The summed E-state index contributed by atoms with van der Waals surface area (Å²) in [5.41, 5.74) is 1.41. The SMILES string of the molecule is CNc1ccc(-c2cc(=O)c3c(O)cc(O)c([C@@H]4CCN(C)[C@H]4CO)c3o2)c(Cl)c1.Cl. The third-order valence-corrected chi connectivity index (χ3v) is 6.22. The summed E-state index contributed by atoms with van der Waals surface area (Å²) in [6, 6.07) is 7.47. The van der Waals surface area contributed by atoms with Crippen LogP contribution in [-0.4, -0.2) is 53.5 Å². The van der Waals surface area contributed by atoms with Crippen LogP contribution in [0.3, 0.4) is 0 Å². The molecule has 2 aromatic carbocycles. The molecule has 2 heterocycles. The van der Waals surface area contributed by atoms with Crippen molar-refractivity contribution >= 4 is 40.7 Å². The fraction of sp³-hybridized carbons (Fsp3) is 0.318. The molecule has 0 spiro atoms. The van der Waals surface area contributed by atoms with Gasteiger partial charge in [0.25, 0.3) is 0 Å². The van der Waals surface area contributed by atoms with Gasteiger partial charge in [-0.1, -0.05) is 11.6 Å². The first kappa shape index (κ1) is 23.2. The fourth-order valence-corrected chi connectivity index (χ4v) is 4.57. The number of halogens is 2. The Kier molecular flexibility index (Phi) is 6.71. The summed E-state index contributed by atoms with van der Waals surface area (Å²) in [5.74, 6) is -0.548. The summed E-state index contributed by atoms with van der Waals surface area (Å²) in [5, 5.41) is 34.3. The van der Waals surface area contributed by atoms with Crippen LogP contribution in [0.1, 0.15) is 17.9 Å². The number of phenols is 2. The summed E-state index contributed by atoms with van der Waals surface area (Å²) in [4.78, 5) is 14.9. The highest BCUT2D eigenvalue weighted by atomic mass is 35.5. The second-order valence-corrected chi connectivity index (χ2v) is 7.99. The number of fused-ring (bicyclic) bond motifs is 1. The topological polar surface area (TPSA) is 106 Å². The highest BCUT2D eigenvalue weighted by Gasteiger charge is 2.36. The van der Waals surface area contributed by atoms with Gasteiger partial charge in [-0.3, -0.25) is 4.79 Å². The molecule has 166 valence electrons. The van der Waals surface area contributed by atoms with Crippen molar-refractivity contribution in [1.29, 1.82) is 0 Å². The van der Waals surface area contributed by atoms with Crippen molar-refractivity contribution in [3.63, 3.8) is 0 Å². The molecular weight excluding hydrogens is 443 g/mol. The fourth-order valence-electron chi connectivity index (χ4n) is 4.29. The average Bonchev–Trinajstić information content (AvgIpc) is 3.07. The summed E-state index contributed by atoms with van der Waals surface area (Å²) < 4.78 is 6.09. The Bertz CT molecular complexity index is 1180. The maximum Gasteiger partial charge on any atom is 0.197 e. The molecule has 3 aromatic rings. The minimum Gasteiger partial charge on any atom is -0.507 e. The van der Waals surface area contributed by atoms with Crippen molar-refractivity contribution in [1.82, 2.24) is 4.90 Å². The van der Waals surface area contributed by atoms with E-state index in [1.54, 1.807) is 25.2 Å². The molecule has 1 aliphatic heterocycles. The second kappa shape index (κ2) is 8.96. The minimum absolute atomic E-state index is 0. The van der Waals surface area contributed by atoms with Crippen LogP contribution in [0.4, 0.5) is 5.69 Å². The van der Waals surface area contributed by atoms with E-state index in [0.29, 0.717) is 22.6 Å². The number of rotatable bonds is 4. The molecule has 4 N–H and O–H groups in total. The van der Waals surface area contributed by atoms with Crippen molar-refractivity contribution in [3.8, 4) is 22.8 Å². The molecular formula is C22H24Cl2N2O5. The molecule has 7 nitrogen and oxygen atoms in total. The van der Waals surface area contributed by atoms with Crippen molar-refractivity contribution in [3.05, 3.63) is 51.1 Å². The summed E-state index contributed by atoms with van der Waals surface area (Å²) in [6.45, 7) is 0.614. The van der Waals surface area contributed by atoms with Gasteiger partial charge in [-0.15, -0.1) is 12.4 Å². The number of likely N-dealkylation sites (tertiary alicyclic amines) is 1. The van der Waals surface area contributed by atoms with Gasteiger partial charge in [0.1, 0.15) is 28.2 Å². The molecule has 0 amide bonds. The van der Waals surface area contributed by atoms with Gasteiger partial charge in [-0.2, -0.15) is 0 Å². The van der Waals surface area contributed by atoms with E-state index in [-0.39, 0.29) is 59.2 Å². The van der Waals surface area contributed by atoms with Gasteiger partial charge < -0.3 is 30.0 Å². The molecule has 0 aliphatic carbocycles. The zero-order valence-electron chi connectivity index (χ0n) is 17.1. The molecule has 2 atom stereocenters. The predicted octanol–water partition coefficient (Wildman–Crippen LogP) is 3.77. The van der Waals surface area contributed by atoms with E-state index in [1.165, 1.54) is 6.07 Å². The minimum atomic E-state index is -0.439. The predicted molar refractivity (Wildman–Crippen MR) is 124 cm³/mol. The zero-order valence-corrected chi connectivity index (χ0v) is 18.6. The lowest BCUT2D eigenvalue weighted by molar-refractivity contribution is 0.172. The third-order valence-electron chi connectivity index (χ3n) is 5.90. The standard InChI is InChI=1S/C22H23ClN2O5.ClH/c1-24-11-3-4-12(14(23)7-11)19-9-18(29)21-17(28)8-16(27)20(22(21)30-19)13-5-6-25(2)15(13)10-26;/h3-4,7-9,13,15,24,26-28H,5-6,10H2,1-2H3;1H/t13-,15+;/m1./s1. The van der Waals surface area contributed by atoms with Crippen molar-refractivity contribution in [2.24, 2.45) is 0 Å². The Balaban J connectivity index is 0.00000272. The number of likely N-dealkylation sites (N-methyl/N-ethyl adjacent to an activating group) is 1. The first-order valence-electron chi connectivity index (χ1n) is 9.67. The van der Waals surface area contributed by atoms with Crippen LogP contribution in [0.2, 0.25) is 5.02 Å². The van der Waals surface area contributed by atoms with Crippen LogP contribution in [0, 0.1) is 0 Å². The Morgan fingerprint density at radius 1 is 1.23 bits per heavy atom. The monoisotopic (exact) mass is 466 g/mol. The maximum absolute atomic E-state index is 12.9. The maximum atomic E-state index is 12.9. The van der Waals surface area contributed by atoms with E-state index < -0.39 is 5.43 Å². The van der Waals surface area contributed by atoms with Gasteiger partial charge in [-0.05, 0) is 38.2 Å². The number of phenolic OH excluding ortho intramolecular Hbond substituents is 2. The van der Waals surface area contributed by atoms with Gasteiger partial charge in [-0.25, -0.2) is 0 Å². The van der Waals surface area contributed by atoms with Gasteiger partial charge in [0.15, 0.2) is 5.43 Å². The van der Waals surface area contributed by atoms with Crippen LogP contribution in [0.25, 0.3) is 22.3 Å². The highest BCUT2D eigenvalue weighted by molar-refractivity contribution is 6.33. The normalized spacial score (nSPS) is 18.8. The third kappa shape index (κ3) is 3.94. The lowest BCUT2D eigenvalue weighted by Gasteiger charge is -2.24. The largest absolute Gasteiger partial charge is 0.507 e. The molecule has 1 aromatic heterocycles. The zero-order chi connectivity index (χ0) is 21.6. The van der Waals surface area contributed by atoms with E-state index in [0.717, 1.165) is 18.3 Å². The second-order valence-electron chi connectivity index (χ2n) is 7.58. The number of benzene rings is 2. The molecule has 0 saturated carbocycles. The molecule has 0 unspecified atom stereocenters. The summed E-state index contributed by atoms with van der Waals surface area (Å²) >= 11 is 6.40. The number of hydrogen-bond donors (Lipinski definition) is 4. The molecule has 1 aliphatic rings. The first-order chi connectivity index (χ1) is 14.3. The molecule has 0 radical (unpaired) electrons. The number of hydrogen-bond acceptors (Lipinski definition) is 7. The molecule has 9 heteroatoms. The van der Waals surface area contributed by atoms with Crippen LogP contribution < -0.4 is 10.7 Å². The van der Waals surface area contributed by atoms with E-state index in [4.69, 9.17) is 16.0 Å². The smallest absolute Gasteiger partial charge is 0.197 e. The van der Waals surface area contributed by atoms with E-state index >= 15 is 0 Å². The molecule has 1 fully saturated rings. The Hall–Kier alpha value is -2.45. The van der Waals surface area contributed by atoms with Crippen molar-refractivity contribution in [2.45, 2.75) is 18.4 Å². The van der Waals surface area contributed by atoms with E-state index in [9.17, 15) is 20.1 Å². The summed E-state index contributed by atoms with van der Waals surface area (Å²) in [6.07, 6.45) is 0.667. The lowest BCUT2D eigenvalue weighted by Crippen LogP contribution is -2.32. The van der Waals surface area contributed by atoms with Gasteiger partial charge in [0.05, 0.1) is 11.6 Å².